The van der Waals surface area contributed by atoms with Gasteiger partial charge < -0.3 is 14.2 Å². The van der Waals surface area contributed by atoms with Crippen LogP contribution in [0.4, 0.5) is 4.79 Å². The molecule has 24 heavy (non-hydrogen) atoms. The van der Waals surface area contributed by atoms with Gasteiger partial charge in [-0.15, -0.1) is 0 Å². The van der Waals surface area contributed by atoms with Crippen LogP contribution in [0.15, 0.2) is 30.3 Å². The second-order valence-corrected chi connectivity index (χ2v) is 7.59. The predicted octanol–water partition coefficient (Wildman–Crippen LogP) is 3.97. The largest absolute Gasteiger partial charge is 0.444 e. The lowest BCUT2D eigenvalue weighted by Gasteiger charge is -2.35. The highest BCUT2D eigenvalue weighted by Crippen LogP contribution is 2.30. The molecular weight excluding hydrogens is 306 g/mol. The first-order valence-corrected chi connectivity index (χ1v) is 8.47. The van der Waals surface area contributed by atoms with Gasteiger partial charge in [0.2, 0.25) is 0 Å². The number of ether oxygens (including phenoxy) is 3. The Bertz CT molecular complexity index is 536. The molecule has 1 aromatic carbocycles. The molecule has 1 aromatic rings. The normalized spacial score (nSPS) is 20.2. The molecule has 0 bridgehead atoms. The highest BCUT2D eigenvalue weighted by Gasteiger charge is 2.45. The maximum atomic E-state index is 12.5. The highest BCUT2D eigenvalue weighted by atomic mass is 16.6. The Balaban J connectivity index is 1.87. The zero-order valence-electron chi connectivity index (χ0n) is 15.4. The summed E-state index contributed by atoms with van der Waals surface area (Å²) in [6, 6.07) is 10.0. The first-order chi connectivity index (χ1) is 11.2. The SMILES string of the molecule is CC(C)(C)OC(=O)N1[C@@H](CCOCc2ccccc2)COC1(C)C. The number of carbonyl (C=O) groups excluding carboxylic acids is 1. The van der Waals surface area contributed by atoms with E-state index in [9.17, 15) is 4.79 Å². The van der Waals surface area contributed by atoms with E-state index in [-0.39, 0.29) is 12.1 Å². The summed E-state index contributed by atoms with van der Waals surface area (Å²) in [5.41, 5.74) is -0.0409. The Kier molecular flexibility index (Phi) is 5.88. The van der Waals surface area contributed by atoms with Gasteiger partial charge in [0, 0.05) is 6.61 Å². The Hall–Kier alpha value is -1.59. The van der Waals surface area contributed by atoms with E-state index in [4.69, 9.17) is 14.2 Å². The molecule has 1 aliphatic heterocycles. The van der Waals surface area contributed by atoms with E-state index in [1.165, 1.54) is 0 Å². The minimum atomic E-state index is -0.660. The van der Waals surface area contributed by atoms with E-state index < -0.39 is 11.3 Å². The maximum Gasteiger partial charge on any atom is 0.412 e. The molecule has 0 aromatic heterocycles. The van der Waals surface area contributed by atoms with Crippen LogP contribution in [-0.2, 0) is 20.8 Å². The van der Waals surface area contributed by atoms with Crippen LogP contribution in [0.3, 0.4) is 0 Å². The lowest BCUT2D eigenvalue weighted by Crippen LogP contribution is -2.50. The standard InChI is InChI=1S/C19H29NO4/c1-18(2,3)24-17(21)20-16(14-23-19(20,4)5)11-12-22-13-15-9-7-6-8-10-15/h6-10,16H,11-14H2,1-5H3/t16-/m0/s1. The molecule has 1 fully saturated rings. The van der Waals surface area contributed by atoms with Crippen molar-refractivity contribution in [3.05, 3.63) is 35.9 Å². The quantitative estimate of drug-likeness (QED) is 0.764. The van der Waals surface area contributed by atoms with Crippen LogP contribution >= 0.6 is 0 Å². The van der Waals surface area contributed by atoms with Crippen molar-refractivity contribution >= 4 is 6.09 Å². The highest BCUT2D eigenvalue weighted by molar-refractivity contribution is 5.69. The second kappa shape index (κ2) is 7.53. The van der Waals surface area contributed by atoms with E-state index in [2.05, 4.69) is 0 Å². The van der Waals surface area contributed by atoms with Crippen LogP contribution in [0.25, 0.3) is 0 Å². The number of hydrogen-bond acceptors (Lipinski definition) is 4. The van der Waals surface area contributed by atoms with Crippen LogP contribution in [-0.4, -0.2) is 41.6 Å². The van der Waals surface area contributed by atoms with Crippen molar-refractivity contribution in [2.24, 2.45) is 0 Å². The van der Waals surface area contributed by atoms with E-state index in [0.29, 0.717) is 19.8 Å². The molecule has 0 spiro atoms. The first-order valence-electron chi connectivity index (χ1n) is 8.47. The number of rotatable bonds is 5. The summed E-state index contributed by atoms with van der Waals surface area (Å²) in [4.78, 5) is 14.2. The summed E-state index contributed by atoms with van der Waals surface area (Å²) in [6.45, 7) is 11.0. The molecule has 1 amide bonds. The van der Waals surface area contributed by atoms with Crippen molar-refractivity contribution in [2.75, 3.05) is 13.2 Å². The van der Waals surface area contributed by atoms with Gasteiger partial charge in [0.15, 0.2) is 0 Å². The zero-order chi connectivity index (χ0) is 17.8. The fourth-order valence-electron chi connectivity index (χ4n) is 2.76. The molecule has 0 radical (unpaired) electrons. The smallest absolute Gasteiger partial charge is 0.412 e. The molecule has 134 valence electrons. The van der Waals surface area contributed by atoms with Gasteiger partial charge in [-0.25, -0.2) is 4.79 Å². The lowest BCUT2D eigenvalue weighted by molar-refractivity contribution is -0.0633. The van der Waals surface area contributed by atoms with Crippen molar-refractivity contribution in [2.45, 2.75) is 65.0 Å². The van der Waals surface area contributed by atoms with Crippen LogP contribution in [0.1, 0.15) is 46.6 Å². The van der Waals surface area contributed by atoms with Crippen molar-refractivity contribution in [1.29, 1.82) is 0 Å². The molecule has 1 saturated heterocycles. The molecule has 0 unspecified atom stereocenters. The van der Waals surface area contributed by atoms with Crippen LogP contribution in [0.2, 0.25) is 0 Å². The summed E-state index contributed by atoms with van der Waals surface area (Å²) < 4.78 is 17.1. The van der Waals surface area contributed by atoms with Gasteiger partial charge in [0.05, 0.1) is 19.3 Å². The second-order valence-electron chi connectivity index (χ2n) is 7.59. The van der Waals surface area contributed by atoms with Gasteiger partial charge in [-0.05, 0) is 46.6 Å². The predicted molar refractivity (Wildman–Crippen MR) is 92.6 cm³/mol. The molecule has 0 saturated carbocycles. The van der Waals surface area contributed by atoms with Gasteiger partial charge >= 0.3 is 6.09 Å². The third-order valence-electron chi connectivity index (χ3n) is 3.87. The fraction of sp³-hybridized carbons (Fsp3) is 0.632. The molecule has 1 aliphatic rings. The van der Waals surface area contributed by atoms with E-state index in [1.807, 2.05) is 65.0 Å². The number of amides is 1. The van der Waals surface area contributed by atoms with Gasteiger partial charge in [0.1, 0.15) is 11.3 Å². The summed E-state index contributed by atoms with van der Waals surface area (Å²) >= 11 is 0. The van der Waals surface area contributed by atoms with Crippen LogP contribution in [0, 0.1) is 0 Å². The molecule has 0 aliphatic carbocycles. The minimum Gasteiger partial charge on any atom is -0.444 e. The topological polar surface area (TPSA) is 48.0 Å². The molecule has 2 rings (SSSR count). The lowest BCUT2D eigenvalue weighted by atomic mass is 10.1. The van der Waals surface area contributed by atoms with Crippen molar-refractivity contribution in [1.82, 2.24) is 4.90 Å². The summed E-state index contributed by atoms with van der Waals surface area (Å²) in [5, 5.41) is 0. The van der Waals surface area contributed by atoms with Crippen LogP contribution in [0.5, 0.6) is 0 Å². The zero-order valence-corrected chi connectivity index (χ0v) is 15.4. The molecule has 1 atom stereocenters. The summed E-state index contributed by atoms with van der Waals surface area (Å²) in [7, 11) is 0. The Morgan fingerprint density at radius 3 is 2.58 bits per heavy atom. The molecule has 0 N–H and O–H groups in total. The number of carbonyl (C=O) groups is 1. The van der Waals surface area contributed by atoms with Gasteiger partial charge in [-0.1, -0.05) is 30.3 Å². The maximum absolute atomic E-state index is 12.5. The molecular formula is C19H29NO4. The van der Waals surface area contributed by atoms with Gasteiger partial charge in [-0.2, -0.15) is 0 Å². The average molecular weight is 335 g/mol. The average Bonchev–Trinajstić information content (AvgIpc) is 2.78. The molecule has 5 nitrogen and oxygen atoms in total. The number of nitrogens with zero attached hydrogens (tertiary/aromatic N) is 1. The third kappa shape index (κ3) is 5.21. The third-order valence-corrected chi connectivity index (χ3v) is 3.87. The Labute approximate surface area is 144 Å². The molecule has 1 heterocycles. The van der Waals surface area contributed by atoms with Gasteiger partial charge in [-0.3, -0.25) is 4.90 Å². The Morgan fingerprint density at radius 2 is 1.96 bits per heavy atom. The number of benzene rings is 1. The van der Waals surface area contributed by atoms with Crippen molar-refractivity contribution < 1.29 is 19.0 Å². The van der Waals surface area contributed by atoms with E-state index in [0.717, 1.165) is 12.0 Å². The van der Waals surface area contributed by atoms with Crippen molar-refractivity contribution in [3.8, 4) is 0 Å². The summed E-state index contributed by atoms with van der Waals surface area (Å²) in [5.74, 6) is 0. The van der Waals surface area contributed by atoms with Crippen molar-refractivity contribution in [3.63, 3.8) is 0 Å². The van der Waals surface area contributed by atoms with Gasteiger partial charge in [0.25, 0.3) is 0 Å². The molecule has 5 heteroatoms. The monoisotopic (exact) mass is 335 g/mol. The number of hydrogen-bond donors (Lipinski definition) is 0. The van der Waals surface area contributed by atoms with E-state index >= 15 is 0 Å². The Morgan fingerprint density at radius 1 is 1.29 bits per heavy atom. The minimum absolute atomic E-state index is 0.0365. The first kappa shape index (κ1) is 18.7. The van der Waals surface area contributed by atoms with E-state index in [1.54, 1.807) is 4.90 Å². The fourth-order valence-corrected chi connectivity index (χ4v) is 2.76. The summed E-state index contributed by atoms with van der Waals surface area (Å²) in [6.07, 6.45) is 0.383. The van der Waals surface area contributed by atoms with Crippen LogP contribution < -0.4 is 0 Å².